The number of anilines is 1. The first-order valence-electron chi connectivity index (χ1n) is 10.0. The number of thiazole rings is 1. The van der Waals surface area contributed by atoms with Gasteiger partial charge in [0, 0.05) is 13.1 Å². The van der Waals surface area contributed by atoms with Crippen molar-refractivity contribution < 1.29 is 14.4 Å². The molecule has 0 N–H and O–H groups in total. The van der Waals surface area contributed by atoms with E-state index < -0.39 is 11.8 Å². The van der Waals surface area contributed by atoms with Gasteiger partial charge < -0.3 is 4.90 Å². The van der Waals surface area contributed by atoms with E-state index in [4.69, 9.17) is 0 Å². The van der Waals surface area contributed by atoms with Gasteiger partial charge in [0.15, 0.2) is 5.13 Å². The summed E-state index contributed by atoms with van der Waals surface area (Å²) >= 11 is 1.44. The van der Waals surface area contributed by atoms with Crippen LogP contribution in [-0.4, -0.2) is 66.2 Å². The highest BCUT2D eigenvalue weighted by Gasteiger charge is 2.37. The summed E-state index contributed by atoms with van der Waals surface area (Å²) in [6, 6.07) is 10.7. The van der Waals surface area contributed by atoms with Crippen LogP contribution in [0, 0.1) is 13.8 Å². The van der Waals surface area contributed by atoms with E-state index in [1.807, 2.05) is 38.9 Å². The molecule has 7 nitrogen and oxygen atoms in total. The molecule has 4 rings (SSSR count). The van der Waals surface area contributed by atoms with Gasteiger partial charge in [0.1, 0.15) is 6.54 Å². The van der Waals surface area contributed by atoms with Crippen molar-refractivity contribution in [1.29, 1.82) is 0 Å². The second-order valence-corrected chi connectivity index (χ2v) is 9.00. The molecule has 160 valence electrons. The smallest absolute Gasteiger partial charge is 0.262 e. The molecule has 0 bridgehead atoms. The quantitative estimate of drug-likeness (QED) is 0.555. The summed E-state index contributed by atoms with van der Waals surface area (Å²) in [6.07, 6.45) is 0. The van der Waals surface area contributed by atoms with Gasteiger partial charge in [0.2, 0.25) is 5.91 Å². The van der Waals surface area contributed by atoms with Crippen LogP contribution in [0.15, 0.2) is 36.4 Å². The summed E-state index contributed by atoms with van der Waals surface area (Å²) in [5.41, 5.74) is 3.82. The lowest BCUT2D eigenvalue weighted by Gasteiger charge is -2.24. The minimum atomic E-state index is -0.433. The number of benzene rings is 2. The van der Waals surface area contributed by atoms with Crippen LogP contribution in [0.1, 0.15) is 31.8 Å². The molecule has 0 spiro atoms. The van der Waals surface area contributed by atoms with Gasteiger partial charge in [-0.25, -0.2) is 4.98 Å². The number of carbonyl (C=O) groups is 3. The first-order chi connectivity index (χ1) is 14.8. The molecule has 3 amide bonds. The van der Waals surface area contributed by atoms with Gasteiger partial charge in [-0.3, -0.25) is 24.2 Å². The van der Waals surface area contributed by atoms with E-state index in [0.717, 1.165) is 20.7 Å². The summed E-state index contributed by atoms with van der Waals surface area (Å²) in [6.45, 7) is 4.80. The fourth-order valence-electron chi connectivity index (χ4n) is 3.51. The number of aryl methyl sites for hydroxylation is 2. The normalized spacial score (nSPS) is 13.4. The molecule has 0 radical (unpaired) electrons. The summed E-state index contributed by atoms with van der Waals surface area (Å²) < 4.78 is 1.00. The van der Waals surface area contributed by atoms with E-state index in [9.17, 15) is 14.4 Å². The van der Waals surface area contributed by atoms with Gasteiger partial charge in [-0.05, 0) is 63.3 Å². The summed E-state index contributed by atoms with van der Waals surface area (Å²) in [4.78, 5) is 48.0. The number of fused-ring (bicyclic) bond motifs is 2. The Balaban J connectivity index is 1.63. The van der Waals surface area contributed by atoms with Crippen LogP contribution in [0.25, 0.3) is 10.2 Å². The lowest BCUT2D eigenvalue weighted by Crippen LogP contribution is -2.45. The predicted molar refractivity (Wildman–Crippen MR) is 122 cm³/mol. The third-order valence-corrected chi connectivity index (χ3v) is 6.51. The average molecular weight is 437 g/mol. The van der Waals surface area contributed by atoms with E-state index in [1.54, 1.807) is 29.2 Å². The standard InChI is InChI=1S/C23H24N4O3S/c1-14-11-18-19(12-15(14)2)31-23(24-18)26(10-9-25(3)4)20(28)13-27-21(29)16-7-5-6-8-17(16)22(27)30/h5-8,11-12H,9-10,13H2,1-4H3. The number of aromatic nitrogens is 1. The van der Waals surface area contributed by atoms with Gasteiger partial charge in [0.25, 0.3) is 11.8 Å². The number of rotatable bonds is 6. The number of hydrogen-bond acceptors (Lipinski definition) is 6. The average Bonchev–Trinajstić information content (AvgIpc) is 3.22. The van der Waals surface area contributed by atoms with E-state index in [1.165, 1.54) is 16.9 Å². The SMILES string of the molecule is Cc1cc2nc(N(CCN(C)C)C(=O)CN3C(=O)c4ccccc4C3=O)sc2cc1C. The number of imide groups is 1. The fourth-order valence-corrected chi connectivity index (χ4v) is 4.60. The molecule has 0 unspecified atom stereocenters. The highest BCUT2D eigenvalue weighted by Crippen LogP contribution is 2.31. The second kappa shape index (κ2) is 8.20. The third kappa shape index (κ3) is 3.96. The highest BCUT2D eigenvalue weighted by molar-refractivity contribution is 7.22. The zero-order valence-corrected chi connectivity index (χ0v) is 18.8. The molecular weight excluding hydrogens is 412 g/mol. The third-order valence-electron chi connectivity index (χ3n) is 5.47. The summed E-state index contributed by atoms with van der Waals surface area (Å²) in [5, 5.41) is 0.573. The molecular formula is C23H24N4O3S. The lowest BCUT2D eigenvalue weighted by atomic mass is 10.1. The van der Waals surface area contributed by atoms with Crippen LogP contribution in [0.4, 0.5) is 5.13 Å². The first kappa shape index (κ1) is 21.1. The molecule has 0 atom stereocenters. The van der Waals surface area contributed by atoms with Crippen LogP contribution in [0.3, 0.4) is 0 Å². The number of nitrogens with zero attached hydrogens (tertiary/aromatic N) is 4. The van der Waals surface area contributed by atoms with E-state index in [-0.39, 0.29) is 12.5 Å². The Morgan fingerprint density at radius 3 is 2.23 bits per heavy atom. The van der Waals surface area contributed by atoms with Crippen LogP contribution >= 0.6 is 11.3 Å². The zero-order chi connectivity index (χ0) is 22.3. The Hall–Kier alpha value is -3.10. The molecule has 3 aromatic rings. The molecule has 0 fully saturated rings. The maximum absolute atomic E-state index is 13.3. The Labute approximate surface area is 184 Å². The van der Waals surface area contributed by atoms with Crippen molar-refractivity contribution in [1.82, 2.24) is 14.8 Å². The Morgan fingerprint density at radius 1 is 1.00 bits per heavy atom. The van der Waals surface area contributed by atoms with Crippen molar-refractivity contribution in [3.8, 4) is 0 Å². The van der Waals surface area contributed by atoms with Gasteiger partial charge in [0.05, 0.1) is 21.3 Å². The minimum absolute atomic E-state index is 0.312. The van der Waals surface area contributed by atoms with Gasteiger partial charge in [-0.2, -0.15) is 0 Å². The Bertz CT molecular complexity index is 1130. The van der Waals surface area contributed by atoms with E-state index in [0.29, 0.717) is 29.3 Å². The first-order valence-corrected chi connectivity index (χ1v) is 10.9. The van der Waals surface area contributed by atoms with Crippen LogP contribution in [0.2, 0.25) is 0 Å². The zero-order valence-electron chi connectivity index (χ0n) is 18.0. The maximum Gasteiger partial charge on any atom is 0.262 e. The Morgan fingerprint density at radius 2 is 1.61 bits per heavy atom. The van der Waals surface area contributed by atoms with Crippen molar-refractivity contribution in [3.63, 3.8) is 0 Å². The molecule has 1 aliphatic rings. The molecule has 0 saturated carbocycles. The predicted octanol–water partition coefficient (Wildman–Crippen LogP) is 3.10. The molecule has 8 heteroatoms. The topological polar surface area (TPSA) is 73.8 Å². The van der Waals surface area contributed by atoms with E-state index in [2.05, 4.69) is 11.1 Å². The number of likely N-dealkylation sites (N-methyl/N-ethyl adjacent to an activating group) is 1. The number of amides is 3. The molecule has 1 aromatic heterocycles. The van der Waals surface area contributed by atoms with Crippen LogP contribution in [0.5, 0.6) is 0 Å². The fraction of sp³-hybridized carbons (Fsp3) is 0.304. The van der Waals surface area contributed by atoms with Gasteiger partial charge >= 0.3 is 0 Å². The summed E-state index contributed by atoms with van der Waals surface area (Å²) in [7, 11) is 3.86. The molecule has 2 aromatic carbocycles. The Kier molecular flexibility index (Phi) is 5.60. The largest absolute Gasteiger partial charge is 0.308 e. The van der Waals surface area contributed by atoms with Crippen molar-refractivity contribution >= 4 is 44.4 Å². The van der Waals surface area contributed by atoms with Crippen molar-refractivity contribution in [3.05, 3.63) is 58.7 Å². The van der Waals surface area contributed by atoms with Crippen molar-refractivity contribution in [2.75, 3.05) is 38.6 Å². The van der Waals surface area contributed by atoms with E-state index >= 15 is 0 Å². The van der Waals surface area contributed by atoms with Crippen LogP contribution < -0.4 is 4.90 Å². The van der Waals surface area contributed by atoms with Crippen LogP contribution in [-0.2, 0) is 4.79 Å². The molecule has 1 aliphatic heterocycles. The molecule has 2 heterocycles. The van der Waals surface area contributed by atoms with Crippen molar-refractivity contribution in [2.45, 2.75) is 13.8 Å². The maximum atomic E-state index is 13.3. The van der Waals surface area contributed by atoms with Gasteiger partial charge in [-0.1, -0.05) is 23.5 Å². The number of carbonyl (C=O) groups excluding carboxylic acids is 3. The van der Waals surface area contributed by atoms with Crippen molar-refractivity contribution in [2.24, 2.45) is 0 Å². The molecule has 0 saturated heterocycles. The second-order valence-electron chi connectivity index (χ2n) is 7.99. The molecule has 31 heavy (non-hydrogen) atoms. The highest BCUT2D eigenvalue weighted by atomic mass is 32.1. The number of hydrogen-bond donors (Lipinski definition) is 0. The van der Waals surface area contributed by atoms with Gasteiger partial charge in [-0.15, -0.1) is 0 Å². The monoisotopic (exact) mass is 436 g/mol. The minimum Gasteiger partial charge on any atom is -0.308 e. The lowest BCUT2D eigenvalue weighted by molar-refractivity contribution is -0.119. The molecule has 0 aliphatic carbocycles. The summed E-state index contributed by atoms with van der Waals surface area (Å²) in [5.74, 6) is -1.20.